The first kappa shape index (κ1) is 20.2. The van der Waals surface area contributed by atoms with Crippen LogP contribution in [0, 0.1) is 5.82 Å². The molecule has 0 saturated carbocycles. The highest BCUT2D eigenvalue weighted by molar-refractivity contribution is 7.13. The monoisotopic (exact) mass is 448 g/mol. The maximum atomic E-state index is 16.1. The van der Waals surface area contributed by atoms with Gasteiger partial charge in [-0.2, -0.15) is 0 Å². The molecule has 4 aromatic rings. The number of hydrogen-bond donors (Lipinski definition) is 1. The maximum absolute atomic E-state index is 16.1. The summed E-state index contributed by atoms with van der Waals surface area (Å²) in [5.41, 5.74) is 3.87. The first-order chi connectivity index (χ1) is 15.5. The normalized spacial score (nSPS) is 12.5. The average Bonchev–Trinajstić information content (AvgIpc) is 3.44. The quantitative estimate of drug-likeness (QED) is 0.462. The van der Waals surface area contributed by atoms with Crippen LogP contribution in [0.3, 0.4) is 0 Å². The van der Waals surface area contributed by atoms with Gasteiger partial charge in [0.1, 0.15) is 5.75 Å². The number of nitrogens with zero attached hydrogens (tertiary/aromatic N) is 1. The van der Waals surface area contributed by atoms with E-state index in [1.165, 1.54) is 36.3 Å². The molecule has 0 aliphatic heterocycles. The van der Waals surface area contributed by atoms with Crippen LogP contribution >= 0.6 is 11.3 Å². The summed E-state index contributed by atoms with van der Waals surface area (Å²) in [7, 11) is 1.51. The van der Waals surface area contributed by atoms with Gasteiger partial charge in [0.05, 0.1) is 18.4 Å². The van der Waals surface area contributed by atoms with Gasteiger partial charge >= 0.3 is 5.69 Å². The van der Waals surface area contributed by atoms with Gasteiger partial charge in [-0.1, -0.05) is 24.3 Å². The van der Waals surface area contributed by atoms with Gasteiger partial charge in [0, 0.05) is 24.1 Å². The number of allylic oxidation sites excluding steroid dienone is 2. The van der Waals surface area contributed by atoms with E-state index in [0.717, 1.165) is 27.0 Å². The van der Waals surface area contributed by atoms with E-state index < -0.39 is 17.1 Å². The van der Waals surface area contributed by atoms with Crippen LogP contribution in [0.15, 0.2) is 69.7 Å². The SMILES string of the molecule is COc1c(-c2cccs2)cc(-n2ccc(=O)[nH]c2=O)c(F)c1-c1ccc2c(c1)CC=C2C.[HH]. The lowest BCUT2D eigenvalue weighted by atomic mass is 9.95. The molecule has 162 valence electrons. The van der Waals surface area contributed by atoms with Crippen molar-refractivity contribution in [3.05, 3.63) is 97.9 Å². The minimum absolute atomic E-state index is 0. The van der Waals surface area contributed by atoms with Crippen molar-refractivity contribution in [2.45, 2.75) is 13.3 Å². The lowest BCUT2D eigenvalue weighted by Gasteiger charge is -2.19. The summed E-state index contributed by atoms with van der Waals surface area (Å²) >= 11 is 1.49. The molecule has 0 unspecified atom stereocenters. The van der Waals surface area contributed by atoms with Crippen molar-refractivity contribution in [2.75, 3.05) is 7.11 Å². The summed E-state index contributed by atoms with van der Waals surface area (Å²) in [5, 5.41) is 1.92. The Labute approximate surface area is 188 Å². The Balaban J connectivity index is 0.00000259. The molecule has 0 radical (unpaired) electrons. The van der Waals surface area contributed by atoms with Gasteiger partial charge in [0.15, 0.2) is 5.82 Å². The maximum Gasteiger partial charge on any atom is 0.333 e. The Hall–Kier alpha value is -3.71. The number of benzene rings is 2. The number of hydrogen-bond acceptors (Lipinski definition) is 4. The number of ether oxygens (including phenoxy) is 1. The molecule has 0 bridgehead atoms. The fourth-order valence-corrected chi connectivity index (χ4v) is 4.91. The van der Waals surface area contributed by atoms with Crippen LogP contribution in [0.1, 0.15) is 19.5 Å². The number of aromatic nitrogens is 2. The highest BCUT2D eigenvalue weighted by Gasteiger charge is 2.24. The third-order valence-corrected chi connectivity index (χ3v) is 6.62. The van der Waals surface area contributed by atoms with E-state index in [0.29, 0.717) is 16.9 Å². The predicted octanol–water partition coefficient (Wildman–Crippen LogP) is 5.27. The molecule has 0 fully saturated rings. The van der Waals surface area contributed by atoms with E-state index in [1.54, 1.807) is 6.07 Å². The Morgan fingerprint density at radius 2 is 2.00 bits per heavy atom. The van der Waals surface area contributed by atoms with E-state index in [2.05, 4.69) is 18.0 Å². The largest absolute Gasteiger partial charge is 0.495 e. The van der Waals surface area contributed by atoms with Gasteiger partial charge in [0.2, 0.25) is 0 Å². The number of H-pyrrole nitrogens is 1. The van der Waals surface area contributed by atoms with Crippen molar-refractivity contribution in [3.63, 3.8) is 0 Å². The summed E-state index contributed by atoms with van der Waals surface area (Å²) in [5.74, 6) is -0.201. The predicted molar refractivity (Wildman–Crippen MR) is 127 cm³/mol. The van der Waals surface area contributed by atoms with E-state index in [1.807, 2.05) is 35.7 Å². The molecule has 5 nitrogen and oxygen atoms in total. The first-order valence-corrected chi connectivity index (χ1v) is 10.9. The van der Waals surface area contributed by atoms with Crippen molar-refractivity contribution in [2.24, 2.45) is 0 Å². The number of nitrogens with one attached hydrogen (secondary N) is 1. The van der Waals surface area contributed by atoms with Gasteiger partial charge in [-0.25, -0.2) is 9.18 Å². The summed E-state index contributed by atoms with van der Waals surface area (Å²) in [6, 6.07) is 12.4. The number of aromatic amines is 1. The zero-order chi connectivity index (χ0) is 22.4. The lowest BCUT2D eigenvalue weighted by molar-refractivity contribution is 0.415. The number of halogens is 1. The average molecular weight is 449 g/mol. The van der Waals surface area contributed by atoms with Crippen LogP contribution < -0.4 is 16.0 Å². The van der Waals surface area contributed by atoms with Crippen LogP contribution in [-0.2, 0) is 6.42 Å². The second kappa shape index (κ2) is 7.76. The first-order valence-electron chi connectivity index (χ1n) is 10.0. The van der Waals surface area contributed by atoms with Crippen molar-refractivity contribution >= 4 is 16.9 Å². The Kier molecular flexibility index (Phi) is 4.90. The molecule has 0 atom stereocenters. The van der Waals surface area contributed by atoms with Gasteiger partial charge in [-0.05, 0) is 59.2 Å². The van der Waals surface area contributed by atoms with Crippen LogP contribution in [0.4, 0.5) is 4.39 Å². The molecule has 0 spiro atoms. The van der Waals surface area contributed by atoms with Gasteiger partial charge in [-0.15, -0.1) is 11.3 Å². The number of rotatable bonds is 4. The molecule has 2 heterocycles. The van der Waals surface area contributed by atoms with Crippen molar-refractivity contribution < 1.29 is 10.6 Å². The van der Waals surface area contributed by atoms with E-state index in [9.17, 15) is 9.59 Å². The summed E-state index contributed by atoms with van der Waals surface area (Å²) in [4.78, 5) is 27.1. The third kappa shape index (κ3) is 3.22. The van der Waals surface area contributed by atoms with Crippen LogP contribution in [0.5, 0.6) is 5.75 Å². The summed E-state index contributed by atoms with van der Waals surface area (Å²) < 4.78 is 22.9. The fourth-order valence-electron chi connectivity index (χ4n) is 4.17. The number of fused-ring (bicyclic) bond motifs is 1. The Bertz CT molecular complexity index is 1500. The number of thiophene rings is 1. The standard InChI is InChI=1S/C25H19FN2O3S.H2/c1-14-5-6-15-12-16(7-8-17(14)15)22-23(26)19(28-10-9-21(29)27-25(28)30)13-18(24(22)31-2)20-4-3-11-32-20;/h3-5,7-13H,6H2,1-2H3,(H,27,29,30);1H. The molecule has 0 amide bonds. The number of methoxy groups -OCH3 is 1. The molecule has 2 aromatic heterocycles. The summed E-state index contributed by atoms with van der Waals surface area (Å²) in [6.45, 7) is 2.06. The fraction of sp³-hybridized carbons (Fsp3) is 0.120. The van der Waals surface area contributed by atoms with Crippen LogP contribution in [0.25, 0.3) is 32.8 Å². The second-order valence-corrected chi connectivity index (χ2v) is 8.53. The second-order valence-electron chi connectivity index (χ2n) is 7.59. The minimum atomic E-state index is -0.710. The van der Waals surface area contributed by atoms with Gasteiger partial charge < -0.3 is 4.74 Å². The van der Waals surface area contributed by atoms with Crippen LogP contribution in [0.2, 0.25) is 0 Å². The molecule has 7 heteroatoms. The molecule has 32 heavy (non-hydrogen) atoms. The smallest absolute Gasteiger partial charge is 0.333 e. The Morgan fingerprint density at radius 1 is 1.16 bits per heavy atom. The minimum Gasteiger partial charge on any atom is -0.495 e. The highest BCUT2D eigenvalue weighted by atomic mass is 32.1. The van der Waals surface area contributed by atoms with Crippen LogP contribution in [-0.4, -0.2) is 16.7 Å². The molecule has 1 aliphatic rings. The molecule has 0 saturated heterocycles. The summed E-state index contributed by atoms with van der Waals surface area (Å²) in [6.07, 6.45) is 4.22. The molecule has 5 rings (SSSR count). The molecule has 1 aliphatic carbocycles. The molecule has 1 N–H and O–H groups in total. The van der Waals surface area contributed by atoms with Crippen molar-refractivity contribution in [1.82, 2.24) is 9.55 Å². The van der Waals surface area contributed by atoms with Gasteiger partial charge in [-0.3, -0.25) is 14.3 Å². The zero-order valence-corrected chi connectivity index (χ0v) is 18.3. The molecular formula is C25H21FN2O3S. The Morgan fingerprint density at radius 3 is 2.72 bits per heavy atom. The third-order valence-electron chi connectivity index (χ3n) is 5.72. The lowest BCUT2D eigenvalue weighted by Crippen LogP contribution is -2.28. The molecule has 2 aromatic carbocycles. The topological polar surface area (TPSA) is 64.1 Å². The van der Waals surface area contributed by atoms with Gasteiger partial charge in [0.25, 0.3) is 5.56 Å². The zero-order valence-electron chi connectivity index (χ0n) is 17.4. The molecular weight excluding hydrogens is 427 g/mol. The van der Waals surface area contributed by atoms with Crippen molar-refractivity contribution in [3.8, 4) is 33.0 Å². The van der Waals surface area contributed by atoms with E-state index in [4.69, 9.17) is 4.74 Å². The van der Waals surface area contributed by atoms with Crippen molar-refractivity contribution in [1.29, 1.82) is 0 Å². The van der Waals surface area contributed by atoms with E-state index >= 15 is 4.39 Å². The van der Waals surface area contributed by atoms with E-state index in [-0.39, 0.29) is 12.7 Å². The highest BCUT2D eigenvalue weighted by Crippen LogP contribution is 2.45.